The van der Waals surface area contributed by atoms with Gasteiger partial charge < -0.3 is 20.1 Å². The average molecular weight is 395 g/mol. The van der Waals surface area contributed by atoms with Crippen molar-refractivity contribution in [1.29, 1.82) is 0 Å². The summed E-state index contributed by atoms with van der Waals surface area (Å²) in [5.74, 6) is 0.645. The van der Waals surface area contributed by atoms with Gasteiger partial charge in [0, 0.05) is 17.6 Å². The Kier molecular flexibility index (Phi) is 6.15. The average Bonchev–Trinajstić information content (AvgIpc) is 3.46. The quantitative estimate of drug-likeness (QED) is 0.768. The molecule has 2 saturated carbocycles. The molecule has 2 aliphatic carbocycles. The van der Waals surface area contributed by atoms with E-state index in [0.29, 0.717) is 17.4 Å². The number of benzene rings is 1. The first kappa shape index (κ1) is 19.8. The van der Waals surface area contributed by atoms with Crippen molar-refractivity contribution in [2.24, 2.45) is 11.7 Å². The van der Waals surface area contributed by atoms with E-state index in [-0.39, 0.29) is 29.3 Å². The Hall–Kier alpha value is -1.95. The van der Waals surface area contributed by atoms with Crippen LogP contribution in [0.5, 0.6) is 11.5 Å². The molecule has 1 aromatic rings. The molecule has 2 amide bonds. The fraction of sp³-hybridized carbons (Fsp3) is 0.600. The van der Waals surface area contributed by atoms with Gasteiger partial charge in [0.15, 0.2) is 18.1 Å². The fourth-order valence-electron chi connectivity index (χ4n) is 3.78. The standard InChI is InChI=1S/C20H27ClN2O4/c1-12-3-5-14(6-4-12)23(15-7-8-15)20(25)13-9-16(21)19(17(10-13)26-2)27-11-18(22)24/h9-10,12,14-15H,3-8,11H2,1-2H3,(H2,22,24). The summed E-state index contributed by atoms with van der Waals surface area (Å²) in [5.41, 5.74) is 5.60. The molecule has 0 unspecified atom stereocenters. The van der Waals surface area contributed by atoms with E-state index in [1.165, 1.54) is 7.11 Å². The monoisotopic (exact) mass is 394 g/mol. The van der Waals surface area contributed by atoms with Gasteiger partial charge in [-0.25, -0.2) is 0 Å². The van der Waals surface area contributed by atoms with E-state index in [0.717, 1.165) is 44.4 Å². The topological polar surface area (TPSA) is 81.9 Å². The molecule has 0 atom stereocenters. The molecular weight excluding hydrogens is 368 g/mol. The molecule has 0 aliphatic heterocycles. The van der Waals surface area contributed by atoms with E-state index in [2.05, 4.69) is 11.8 Å². The molecule has 0 aromatic heterocycles. The number of ether oxygens (including phenoxy) is 2. The zero-order valence-corrected chi connectivity index (χ0v) is 16.6. The summed E-state index contributed by atoms with van der Waals surface area (Å²) in [6, 6.07) is 3.83. The number of primary amides is 1. The third kappa shape index (κ3) is 4.67. The van der Waals surface area contributed by atoms with Gasteiger partial charge >= 0.3 is 0 Å². The first-order chi connectivity index (χ1) is 12.9. The van der Waals surface area contributed by atoms with Crippen molar-refractivity contribution < 1.29 is 19.1 Å². The number of nitrogens with two attached hydrogens (primary N) is 1. The number of nitrogens with zero attached hydrogens (tertiary/aromatic N) is 1. The number of carbonyl (C=O) groups is 2. The lowest BCUT2D eigenvalue weighted by molar-refractivity contribution is -0.119. The summed E-state index contributed by atoms with van der Waals surface area (Å²) in [4.78, 5) is 26.3. The Balaban J connectivity index is 1.84. The highest BCUT2D eigenvalue weighted by molar-refractivity contribution is 6.32. The van der Waals surface area contributed by atoms with Gasteiger partial charge in [-0.1, -0.05) is 18.5 Å². The van der Waals surface area contributed by atoms with Crippen LogP contribution in [0.1, 0.15) is 55.8 Å². The van der Waals surface area contributed by atoms with E-state index in [4.69, 9.17) is 26.8 Å². The second kappa shape index (κ2) is 8.38. The maximum absolute atomic E-state index is 13.3. The van der Waals surface area contributed by atoms with Gasteiger partial charge in [-0.2, -0.15) is 0 Å². The van der Waals surface area contributed by atoms with Gasteiger partial charge in [0.25, 0.3) is 11.8 Å². The highest BCUT2D eigenvalue weighted by Gasteiger charge is 2.39. The van der Waals surface area contributed by atoms with E-state index >= 15 is 0 Å². The molecule has 0 heterocycles. The largest absolute Gasteiger partial charge is 0.493 e. The highest BCUT2D eigenvalue weighted by atomic mass is 35.5. The fourth-order valence-corrected chi connectivity index (χ4v) is 4.04. The van der Waals surface area contributed by atoms with E-state index in [1.54, 1.807) is 12.1 Å². The van der Waals surface area contributed by atoms with Gasteiger partial charge in [0.1, 0.15) is 0 Å². The van der Waals surface area contributed by atoms with Crippen LogP contribution in [-0.2, 0) is 4.79 Å². The second-order valence-electron chi connectivity index (χ2n) is 7.60. The molecule has 0 saturated heterocycles. The van der Waals surface area contributed by atoms with Gasteiger partial charge in [0.05, 0.1) is 12.1 Å². The number of methoxy groups -OCH3 is 1. The van der Waals surface area contributed by atoms with Crippen LogP contribution in [0.25, 0.3) is 0 Å². The summed E-state index contributed by atoms with van der Waals surface area (Å²) < 4.78 is 10.7. The number of halogens is 1. The maximum atomic E-state index is 13.3. The Bertz CT molecular complexity index is 712. The molecule has 1 aromatic carbocycles. The number of rotatable bonds is 7. The number of carbonyl (C=O) groups excluding carboxylic acids is 2. The summed E-state index contributed by atoms with van der Waals surface area (Å²) in [7, 11) is 1.47. The molecular formula is C20H27ClN2O4. The normalized spacial score (nSPS) is 22.2. The van der Waals surface area contributed by atoms with E-state index in [1.807, 2.05) is 0 Å². The summed E-state index contributed by atoms with van der Waals surface area (Å²) in [6.07, 6.45) is 6.53. The molecule has 6 nitrogen and oxygen atoms in total. The van der Waals surface area contributed by atoms with Gasteiger partial charge in [0.2, 0.25) is 0 Å². The van der Waals surface area contributed by atoms with Crippen LogP contribution >= 0.6 is 11.6 Å². The summed E-state index contributed by atoms with van der Waals surface area (Å²) >= 11 is 6.32. The lowest BCUT2D eigenvalue weighted by Crippen LogP contribution is -2.43. The predicted molar refractivity (Wildman–Crippen MR) is 103 cm³/mol. The molecule has 0 spiro atoms. The minimum Gasteiger partial charge on any atom is -0.493 e. The summed E-state index contributed by atoms with van der Waals surface area (Å²) in [6.45, 7) is 1.97. The number of hydrogen-bond acceptors (Lipinski definition) is 4. The third-order valence-electron chi connectivity index (χ3n) is 5.39. The first-order valence-corrected chi connectivity index (χ1v) is 9.89. The Morgan fingerprint density at radius 1 is 1.15 bits per heavy atom. The highest BCUT2D eigenvalue weighted by Crippen LogP contribution is 2.40. The van der Waals surface area contributed by atoms with Crippen LogP contribution in [0.4, 0.5) is 0 Å². The van der Waals surface area contributed by atoms with Gasteiger partial charge in [-0.3, -0.25) is 9.59 Å². The third-order valence-corrected chi connectivity index (χ3v) is 5.67. The second-order valence-corrected chi connectivity index (χ2v) is 8.01. The van der Waals surface area contributed by atoms with E-state index in [9.17, 15) is 9.59 Å². The van der Waals surface area contributed by atoms with Crippen molar-refractivity contribution in [2.45, 2.75) is 57.5 Å². The Morgan fingerprint density at radius 2 is 1.74 bits per heavy atom. The van der Waals surface area contributed by atoms with Crippen molar-refractivity contribution in [2.75, 3.05) is 13.7 Å². The van der Waals surface area contributed by atoms with Crippen LogP contribution in [-0.4, -0.2) is 42.5 Å². The first-order valence-electron chi connectivity index (χ1n) is 9.52. The minimum atomic E-state index is -0.611. The Labute approximate surface area is 164 Å². The minimum absolute atomic E-state index is 0.0151. The van der Waals surface area contributed by atoms with Crippen molar-refractivity contribution in [3.05, 3.63) is 22.7 Å². The maximum Gasteiger partial charge on any atom is 0.255 e. The van der Waals surface area contributed by atoms with E-state index < -0.39 is 5.91 Å². The van der Waals surface area contributed by atoms with Crippen LogP contribution in [0, 0.1) is 5.92 Å². The molecule has 7 heteroatoms. The van der Waals surface area contributed by atoms with Crippen LogP contribution in [0.3, 0.4) is 0 Å². The molecule has 0 bridgehead atoms. The predicted octanol–water partition coefficient (Wildman–Crippen LogP) is 3.40. The van der Waals surface area contributed by atoms with Crippen molar-refractivity contribution >= 4 is 23.4 Å². The van der Waals surface area contributed by atoms with Crippen LogP contribution in [0.2, 0.25) is 5.02 Å². The summed E-state index contributed by atoms with van der Waals surface area (Å²) in [5, 5.41) is 0.229. The van der Waals surface area contributed by atoms with Crippen molar-refractivity contribution in [3.8, 4) is 11.5 Å². The molecule has 27 heavy (non-hydrogen) atoms. The zero-order chi connectivity index (χ0) is 19.6. The Morgan fingerprint density at radius 3 is 2.26 bits per heavy atom. The molecule has 148 valence electrons. The van der Waals surface area contributed by atoms with Crippen LogP contribution < -0.4 is 15.2 Å². The van der Waals surface area contributed by atoms with Gasteiger partial charge in [-0.05, 0) is 56.6 Å². The molecule has 2 fully saturated rings. The van der Waals surface area contributed by atoms with Crippen molar-refractivity contribution in [1.82, 2.24) is 4.90 Å². The lowest BCUT2D eigenvalue weighted by Gasteiger charge is -2.36. The van der Waals surface area contributed by atoms with Crippen LogP contribution in [0.15, 0.2) is 12.1 Å². The molecule has 2 N–H and O–H groups in total. The molecule has 0 radical (unpaired) electrons. The SMILES string of the molecule is COc1cc(C(=O)N(C2CCC(C)CC2)C2CC2)cc(Cl)c1OCC(N)=O. The molecule has 3 rings (SSSR count). The van der Waals surface area contributed by atoms with Crippen molar-refractivity contribution in [3.63, 3.8) is 0 Å². The number of amides is 2. The number of hydrogen-bond donors (Lipinski definition) is 1. The zero-order valence-electron chi connectivity index (χ0n) is 15.9. The lowest BCUT2D eigenvalue weighted by atomic mass is 9.86. The van der Waals surface area contributed by atoms with Gasteiger partial charge in [-0.15, -0.1) is 0 Å². The smallest absolute Gasteiger partial charge is 0.255 e. The molecule has 2 aliphatic rings.